The molecule has 0 fully saturated rings. The third kappa shape index (κ3) is 2.17. The van der Waals surface area contributed by atoms with E-state index in [2.05, 4.69) is 46.7 Å². The molecule has 11 heavy (non-hydrogen) atoms. The lowest BCUT2D eigenvalue weighted by Gasteiger charge is -2.19. The summed E-state index contributed by atoms with van der Waals surface area (Å²) in [6.45, 7) is 4.30. The Bertz CT molecular complexity index is 234. The highest BCUT2D eigenvalue weighted by atomic mass is 79.9. The standard InChI is InChI=1S/C7H11BrN2S/c1-5(2)10(3)7-9-6(8)4-11-7/h4-5H,1-3H3. The second-order valence-corrected chi connectivity index (χ2v) is 4.31. The Morgan fingerprint density at radius 2 is 2.27 bits per heavy atom. The van der Waals surface area contributed by atoms with E-state index >= 15 is 0 Å². The average molecular weight is 235 g/mol. The van der Waals surface area contributed by atoms with Crippen LogP contribution >= 0.6 is 27.3 Å². The molecule has 2 nitrogen and oxygen atoms in total. The van der Waals surface area contributed by atoms with Gasteiger partial charge in [-0.2, -0.15) is 0 Å². The lowest BCUT2D eigenvalue weighted by Crippen LogP contribution is -2.25. The summed E-state index contributed by atoms with van der Waals surface area (Å²) < 4.78 is 0.921. The van der Waals surface area contributed by atoms with Gasteiger partial charge in [-0.05, 0) is 29.8 Å². The number of aromatic nitrogens is 1. The molecule has 0 bridgehead atoms. The molecule has 62 valence electrons. The minimum atomic E-state index is 0.507. The van der Waals surface area contributed by atoms with Crippen LogP contribution < -0.4 is 4.90 Å². The fourth-order valence-corrected chi connectivity index (χ4v) is 1.98. The van der Waals surface area contributed by atoms with E-state index in [0.717, 1.165) is 9.73 Å². The molecule has 0 unspecified atom stereocenters. The third-order valence-corrected chi connectivity index (χ3v) is 3.18. The second-order valence-electron chi connectivity index (χ2n) is 2.66. The van der Waals surface area contributed by atoms with Crippen molar-refractivity contribution in [3.05, 3.63) is 9.98 Å². The molecule has 0 N–H and O–H groups in total. The van der Waals surface area contributed by atoms with Crippen LogP contribution in [0.5, 0.6) is 0 Å². The van der Waals surface area contributed by atoms with Gasteiger partial charge in [0.2, 0.25) is 0 Å². The topological polar surface area (TPSA) is 16.1 Å². The molecule has 0 amide bonds. The van der Waals surface area contributed by atoms with Crippen LogP contribution in [0.15, 0.2) is 9.98 Å². The minimum Gasteiger partial charge on any atom is -0.349 e. The number of halogens is 1. The first-order chi connectivity index (χ1) is 5.11. The van der Waals surface area contributed by atoms with Crippen LogP contribution in [0.25, 0.3) is 0 Å². The first-order valence-electron chi connectivity index (χ1n) is 3.45. The third-order valence-electron chi connectivity index (χ3n) is 1.54. The highest BCUT2D eigenvalue weighted by molar-refractivity contribution is 9.10. The number of hydrogen-bond donors (Lipinski definition) is 0. The lowest BCUT2D eigenvalue weighted by atomic mass is 10.4. The molecule has 0 aliphatic rings. The van der Waals surface area contributed by atoms with Crippen LogP contribution in [0.3, 0.4) is 0 Å². The predicted molar refractivity (Wildman–Crippen MR) is 53.4 cm³/mol. The van der Waals surface area contributed by atoms with Crippen LogP contribution in [-0.4, -0.2) is 18.1 Å². The zero-order valence-electron chi connectivity index (χ0n) is 6.84. The van der Waals surface area contributed by atoms with E-state index in [-0.39, 0.29) is 0 Å². The van der Waals surface area contributed by atoms with Crippen molar-refractivity contribution in [2.75, 3.05) is 11.9 Å². The maximum atomic E-state index is 4.29. The van der Waals surface area contributed by atoms with Gasteiger partial charge >= 0.3 is 0 Å². The van der Waals surface area contributed by atoms with Crippen molar-refractivity contribution < 1.29 is 0 Å². The highest BCUT2D eigenvalue weighted by Gasteiger charge is 2.07. The van der Waals surface area contributed by atoms with Gasteiger partial charge in [-0.15, -0.1) is 11.3 Å². The first kappa shape index (κ1) is 9.00. The largest absolute Gasteiger partial charge is 0.349 e. The predicted octanol–water partition coefficient (Wildman–Crippen LogP) is 2.75. The molecule has 0 saturated carbocycles. The van der Waals surface area contributed by atoms with E-state index in [1.165, 1.54) is 0 Å². The van der Waals surface area contributed by atoms with E-state index in [1.807, 2.05) is 5.38 Å². The molecule has 1 heterocycles. The number of hydrogen-bond acceptors (Lipinski definition) is 3. The van der Waals surface area contributed by atoms with Crippen molar-refractivity contribution in [1.29, 1.82) is 0 Å². The number of thiazole rings is 1. The first-order valence-corrected chi connectivity index (χ1v) is 5.12. The van der Waals surface area contributed by atoms with Crippen LogP contribution in [0.4, 0.5) is 5.13 Å². The van der Waals surface area contributed by atoms with Gasteiger partial charge in [-0.1, -0.05) is 0 Å². The van der Waals surface area contributed by atoms with Gasteiger partial charge in [0.1, 0.15) is 4.60 Å². The summed E-state index contributed by atoms with van der Waals surface area (Å²) in [4.78, 5) is 6.44. The Morgan fingerprint density at radius 3 is 2.64 bits per heavy atom. The molecule has 0 atom stereocenters. The van der Waals surface area contributed by atoms with Crippen LogP contribution in [0.1, 0.15) is 13.8 Å². The van der Waals surface area contributed by atoms with E-state index in [1.54, 1.807) is 11.3 Å². The molecule has 0 saturated heterocycles. The highest BCUT2D eigenvalue weighted by Crippen LogP contribution is 2.23. The van der Waals surface area contributed by atoms with Crippen molar-refractivity contribution in [2.45, 2.75) is 19.9 Å². The molecule has 0 aliphatic heterocycles. The monoisotopic (exact) mass is 234 g/mol. The Kier molecular flexibility index (Phi) is 2.90. The Morgan fingerprint density at radius 1 is 1.64 bits per heavy atom. The molecule has 0 spiro atoms. The van der Waals surface area contributed by atoms with Gasteiger partial charge in [-0.25, -0.2) is 4.98 Å². The average Bonchev–Trinajstić information content (AvgIpc) is 2.34. The van der Waals surface area contributed by atoms with Crippen molar-refractivity contribution in [3.8, 4) is 0 Å². The summed E-state index contributed by atoms with van der Waals surface area (Å²) in [6, 6.07) is 0.507. The Hall–Kier alpha value is -0.0900. The number of rotatable bonds is 2. The molecule has 1 aromatic heterocycles. The second kappa shape index (κ2) is 3.54. The quantitative estimate of drug-likeness (QED) is 0.783. The summed E-state index contributed by atoms with van der Waals surface area (Å²) in [5.41, 5.74) is 0. The number of nitrogens with zero attached hydrogens (tertiary/aromatic N) is 2. The van der Waals surface area contributed by atoms with Crippen molar-refractivity contribution in [2.24, 2.45) is 0 Å². The SMILES string of the molecule is CC(C)N(C)c1nc(Br)cs1. The lowest BCUT2D eigenvalue weighted by molar-refractivity contribution is 0.751. The molecule has 4 heteroatoms. The summed E-state index contributed by atoms with van der Waals surface area (Å²) in [7, 11) is 2.05. The Balaban J connectivity index is 2.76. The maximum absolute atomic E-state index is 4.29. The smallest absolute Gasteiger partial charge is 0.186 e. The van der Waals surface area contributed by atoms with Gasteiger partial charge in [0, 0.05) is 18.5 Å². The molecule has 0 aromatic carbocycles. The molecular formula is C7H11BrN2S. The van der Waals surface area contributed by atoms with Crippen LogP contribution in [-0.2, 0) is 0 Å². The van der Waals surface area contributed by atoms with E-state index in [0.29, 0.717) is 6.04 Å². The van der Waals surface area contributed by atoms with Crippen molar-refractivity contribution >= 4 is 32.4 Å². The van der Waals surface area contributed by atoms with Gasteiger partial charge in [0.25, 0.3) is 0 Å². The van der Waals surface area contributed by atoms with E-state index in [9.17, 15) is 0 Å². The summed E-state index contributed by atoms with van der Waals surface area (Å²) in [5.74, 6) is 0. The maximum Gasteiger partial charge on any atom is 0.186 e. The van der Waals surface area contributed by atoms with Gasteiger partial charge < -0.3 is 4.90 Å². The molecular weight excluding hydrogens is 224 g/mol. The molecule has 1 rings (SSSR count). The molecule has 0 aliphatic carbocycles. The molecule has 0 radical (unpaired) electrons. The minimum absolute atomic E-state index is 0.507. The summed E-state index contributed by atoms with van der Waals surface area (Å²) >= 11 is 4.98. The van der Waals surface area contributed by atoms with Gasteiger partial charge in [0.15, 0.2) is 5.13 Å². The normalized spacial score (nSPS) is 10.6. The van der Waals surface area contributed by atoms with Crippen LogP contribution in [0, 0.1) is 0 Å². The zero-order chi connectivity index (χ0) is 8.43. The van der Waals surface area contributed by atoms with Crippen molar-refractivity contribution in [3.63, 3.8) is 0 Å². The van der Waals surface area contributed by atoms with E-state index < -0.39 is 0 Å². The zero-order valence-corrected chi connectivity index (χ0v) is 9.24. The summed E-state index contributed by atoms with van der Waals surface area (Å²) in [5, 5.41) is 3.06. The Labute approximate surface area is 79.4 Å². The van der Waals surface area contributed by atoms with E-state index in [4.69, 9.17) is 0 Å². The van der Waals surface area contributed by atoms with Crippen LogP contribution in [0.2, 0.25) is 0 Å². The molecule has 1 aromatic rings. The number of anilines is 1. The fourth-order valence-electron chi connectivity index (χ4n) is 0.628. The summed E-state index contributed by atoms with van der Waals surface area (Å²) in [6.07, 6.45) is 0. The van der Waals surface area contributed by atoms with Crippen molar-refractivity contribution in [1.82, 2.24) is 4.98 Å². The fraction of sp³-hybridized carbons (Fsp3) is 0.571. The van der Waals surface area contributed by atoms with Gasteiger partial charge in [0.05, 0.1) is 0 Å². The van der Waals surface area contributed by atoms with Gasteiger partial charge in [-0.3, -0.25) is 0 Å².